The van der Waals surface area contributed by atoms with Crippen molar-refractivity contribution in [2.45, 2.75) is 25.7 Å². The van der Waals surface area contributed by atoms with Crippen molar-refractivity contribution in [3.8, 4) is 5.75 Å². The van der Waals surface area contributed by atoms with E-state index in [9.17, 15) is 9.18 Å². The van der Waals surface area contributed by atoms with Crippen LogP contribution in [0.2, 0.25) is 0 Å². The lowest BCUT2D eigenvalue weighted by Gasteiger charge is -2.22. The minimum atomic E-state index is -0.469. The molecule has 0 unspecified atom stereocenters. The zero-order valence-electron chi connectivity index (χ0n) is 12.2. The van der Waals surface area contributed by atoms with E-state index in [1.807, 2.05) is 0 Å². The van der Waals surface area contributed by atoms with Gasteiger partial charge in [0, 0.05) is 18.2 Å². The van der Waals surface area contributed by atoms with E-state index in [1.54, 1.807) is 6.07 Å². The summed E-state index contributed by atoms with van der Waals surface area (Å²) < 4.78 is 18.3. The number of benzene rings is 1. The van der Waals surface area contributed by atoms with Crippen molar-refractivity contribution in [2.24, 2.45) is 5.92 Å². The molecule has 0 atom stereocenters. The molecule has 1 heterocycles. The van der Waals surface area contributed by atoms with E-state index >= 15 is 0 Å². The van der Waals surface area contributed by atoms with E-state index in [-0.39, 0.29) is 24.1 Å². The number of hydrogen-bond acceptors (Lipinski definition) is 3. The Morgan fingerprint density at radius 3 is 2.76 bits per heavy atom. The third-order valence-electron chi connectivity index (χ3n) is 3.67. The van der Waals surface area contributed by atoms with E-state index in [0.717, 1.165) is 32.4 Å². The highest BCUT2D eigenvalue weighted by atomic mass is 35.5. The number of carbonyl (C=O) groups is 1. The molecule has 1 aliphatic heterocycles. The van der Waals surface area contributed by atoms with E-state index in [0.29, 0.717) is 18.0 Å². The maximum atomic E-state index is 13.5. The molecule has 1 aromatic rings. The zero-order chi connectivity index (χ0) is 14.4. The lowest BCUT2D eigenvalue weighted by molar-refractivity contribution is -0.116. The van der Waals surface area contributed by atoms with Crippen LogP contribution >= 0.6 is 12.4 Å². The van der Waals surface area contributed by atoms with Gasteiger partial charge < -0.3 is 15.4 Å². The van der Waals surface area contributed by atoms with Gasteiger partial charge in [0.05, 0.1) is 7.11 Å². The Labute approximate surface area is 130 Å². The van der Waals surface area contributed by atoms with Gasteiger partial charge in [-0.05, 0) is 50.4 Å². The second-order valence-corrected chi connectivity index (χ2v) is 5.13. The summed E-state index contributed by atoms with van der Waals surface area (Å²) in [5.74, 6) is 0.268. The Bertz CT molecular complexity index is 465. The summed E-state index contributed by atoms with van der Waals surface area (Å²) in [7, 11) is 1.41. The average molecular weight is 317 g/mol. The van der Waals surface area contributed by atoms with Gasteiger partial charge in [0.25, 0.3) is 0 Å². The molecule has 0 spiro atoms. The van der Waals surface area contributed by atoms with Crippen LogP contribution in [0.25, 0.3) is 0 Å². The molecule has 21 heavy (non-hydrogen) atoms. The number of amides is 1. The molecular weight excluding hydrogens is 295 g/mol. The Morgan fingerprint density at radius 1 is 1.43 bits per heavy atom. The minimum absolute atomic E-state index is 0. The standard InChI is InChI=1S/C15H21FN2O2.ClH/c1-20-14-4-3-12(10-13(14)16)18-15(19)5-2-11-6-8-17-9-7-11;/h3-4,10-11,17H,2,5-9H2,1H3,(H,18,19);1H. The summed E-state index contributed by atoms with van der Waals surface area (Å²) in [6.07, 6.45) is 3.64. The highest BCUT2D eigenvalue weighted by Gasteiger charge is 2.14. The van der Waals surface area contributed by atoms with Crippen molar-refractivity contribution in [3.05, 3.63) is 24.0 Å². The van der Waals surface area contributed by atoms with Crippen molar-refractivity contribution >= 4 is 24.0 Å². The van der Waals surface area contributed by atoms with Gasteiger partial charge in [-0.15, -0.1) is 12.4 Å². The third kappa shape index (κ3) is 5.52. The van der Waals surface area contributed by atoms with Crippen molar-refractivity contribution in [2.75, 3.05) is 25.5 Å². The molecule has 0 aromatic heterocycles. The average Bonchev–Trinajstić information content (AvgIpc) is 2.46. The van der Waals surface area contributed by atoms with Gasteiger partial charge in [0.15, 0.2) is 11.6 Å². The Kier molecular flexibility index (Phi) is 7.47. The van der Waals surface area contributed by atoms with Crippen LogP contribution in [0.4, 0.5) is 10.1 Å². The van der Waals surface area contributed by atoms with Crippen molar-refractivity contribution in [3.63, 3.8) is 0 Å². The van der Waals surface area contributed by atoms with Gasteiger partial charge in [-0.1, -0.05) is 0 Å². The fourth-order valence-electron chi connectivity index (χ4n) is 2.47. The molecule has 1 saturated heterocycles. The number of halogens is 2. The van der Waals surface area contributed by atoms with E-state index < -0.39 is 5.82 Å². The second kappa shape index (κ2) is 8.85. The quantitative estimate of drug-likeness (QED) is 0.878. The predicted molar refractivity (Wildman–Crippen MR) is 83.7 cm³/mol. The number of carbonyl (C=O) groups excluding carboxylic acids is 1. The molecule has 1 amide bonds. The normalized spacial score (nSPS) is 15.1. The molecule has 0 radical (unpaired) electrons. The molecule has 4 nitrogen and oxygen atoms in total. The lowest BCUT2D eigenvalue weighted by atomic mass is 9.93. The van der Waals surface area contributed by atoms with Gasteiger partial charge in [-0.3, -0.25) is 4.79 Å². The molecule has 2 N–H and O–H groups in total. The van der Waals surface area contributed by atoms with Crippen LogP contribution in [0.15, 0.2) is 18.2 Å². The van der Waals surface area contributed by atoms with E-state index in [2.05, 4.69) is 10.6 Å². The molecule has 2 rings (SSSR count). The van der Waals surface area contributed by atoms with Gasteiger partial charge in [-0.25, -0.2) is 4.39 Å². The Morgan fingerprint density at radius 2 is 2.14 bits per heavy atom. The topological polar surface area (TPSA) is 50.4 Å². The Balaban J connectivity index is 0.00000220. The molecule has 0 aliphatic carbocycles. The number of ether oxygens (including phenoxy) is 1. The number of rotatable bonds is 5. The number of methoxy groups -OCH3 is 1. The van der Waals surface area contributed by atoms with Gasteiger partial charge in [0.2, 0.25) is 5.91 Å². The summed E-state index contributed by atoms with van der Waals surface area (Å²) in [6.45, 7) is 2.08. The number of nitrogens with one attached hydrogen (secondary N) is 2. The van der Waals surface area contributed by atoms with E-state index in [4.69, 9.17) is 4.74 Å². The SMILES string of the molecule is COc1ccc(NC(=O)CCC2CCNCC2)cc1F.Cl. The van der Waals surface area contributed by atoms with E-state index in [1.165, 1.54) is 19.2 Å². The first-order valence-corrected chi connectivity index (χ1v) is 7.03. The number of hydrogen-bond donors (Lipinski definition) is 2. The lowest BCUT2D eigenvalue weighted by Crippen LogP contribution is -2.28. The molecule has 6 heteroatoms. The van der Waals surface area contributed by atoms with Gasteiger partial charge in [0.1, 0.15) is 0 Å². The molecular formula is C15H22ClFN2O2. The monoisotopic (exact) mass is 316 g/mol. The molecule has 0 bridgehead atoms. The summed E-state index contributed by atoms with van der Waals surface area (Å²) >= 11 is 0. The molecule has 1 fully saturated rings. The molecule has 1 aliphatic rings. The zero-order valence-corrected chi connectivity index (χ0v) is 13.0. The van der Waals surface area contributed by atoms with Gasteiger partial charge >= 0.3 is 0 Å². The van der Waals surface area contributed by atoms with Crippen LogP contribution in [0.3, 0.4) is 0 Å². The summed E-state index contributed by atoms with van der Waals surface area (Å²) in [5.41, 5.74) is 0.471. The number of anilines is 1. The van der Waals surface area contributed by atoms with Crippen molar-refractivity contribution < 1.29 is 13.9 Å². The fraction of sp³-hybridized carbons (Fsp3) is 0.533. The first-order chi connectivity index (χ1) is 9.69. The van der Waals surface area contributed by atoms with Crippen LogP contribution in [0.5, 0.6) is 5.75 Å². The van der Waals surface area contributed by atoms with Crippen molar-refractivity contribution in [1.29, 1.82) is 0 Å². The predicted octanol–water partition coefficient (Wildman–Crippen LogP) is 2.97. The second-order valence-electron chi connectivity index (χ2n) is 5.13. The largest absolute Gasteiger partial charge is 0.494 e. The highest BCUT2D eigenvalue weighted by molar-refractivity contribution is 5.90. The molecule has 118 valence electrons. The first kappa shape index (κ1) is 17.7. The van der Waals surface area contributed by atoms with Crippen LogP contribution in [0, 0.1) is 11.7 Å². The van der Waals surface area contributed by atoms with Crippen LogP contribution in [-0.4, -0.2) is 26.1 Å². The van der Waals surface area contributed by atoms with Crippen LogP contribution < -0.4 is 15.4 Å². The molecule has 1 aromatic carbocycles. The van der Waals surface area contributed by atoms with Gasteiger partial charge in [-0.2, -0.15) is 0 Å². The highest BCUT2D eigenvalue weighted by Crippen LogP contribution is 2.22. The summed E-state index contributed by atoms with van der Waals surface area (Å²) in [4.78, 5) is 11.8. The summed E-state index contributed by atoms with van der Waals surface area (Å²) in [6, 6.07) is 4.43. The van der Waals surface area contributed by atoms with Crippen molar-refractivity contribution in [1.82, 2.24) is 5.32 Å². The summed E-state index contributed by atoms with van der Waals surface area (Å²) in [5, 5.41) is 6.03. The minimum Gasteiger partial charge on any atom is -0.494 e. The maximum absolute atomic E-state index is 13.5. The third-order valence-corrected chi connectivity index (χ3v) is 3.67. The fourth-order valence-corrected chi connectivity index (χ4v) is 2.47. The Hall–Kier alpha value is -1.33. The van der Waals surface area contributed by atoms with Crippen LogP contribution in [-0.2, 0) is 4.79 Å². The van der Waals surface area contributed by atoms with Crippen LogP contribution in [0.1, 0.15) is 25.7 Å². The maximum Gasteiger partial charge on any atom is 0.224 e. The molecule has 0 saturated carbocycles. The first-order valence-electron chi connectivity index (χ1n) is 7.03. The smallest absolute Gasteiger partial charge is 0.224 e. The number of piperidine rings is 1.